The van der Waals surface area contributed by atoms with E-state index in [1.54, 1.807) is 10.7 Å². The first-order chi connectivity index (χ1) is 8.65. The third kappa shape index (κ3) is 1.57. The number of rotatable bonds is 2. The van der Waals surface area contributed by atoms with Gasteiger partial charge in [0.1, 0.15) is 0 Å². The molecule has 2 heterocycles. The minimum atomic E-state index is -0.514. The molecule has 3 aromatic rings. The summed E-state index contributed by atoms with van der Waals surface area (Å²) < 4.78 is 1.71. The van der Waals surface area contributed by atoms with Gasteiger partial charge in [0.2, 0.25) is 0 Å². The number of amides is 1. The SMILES string of the molecule is Cc1cc(C(N)=O)nn1-c1ccc2[nH]ccc2c1. The van der Waals surface area contributed by atoms with Gasteiger partial charge in [-0.2, -0.15) is 5.10 Å². The quantitative estimate of drug-likeness (QED) is 0.716. The second-order valence-electron chi connectivity index (χ2n) is 4.20. The molecule has 0 atom stereocenters. The maximum atomic E-state index is 11.1. The summed E-state index contributed by atoms with van der Waals surface area (Å²) in [7, 11) is 0. The zero-order chi connectivity index (χ0) is 12.7. The van der Waals surface area contributed by atoms with Gasteiger partial charge in [-0.15, -0.1) is 0 Å². The van der Waals surface area contributed by atoms with E-state index in [0.29, 0.717) is 0 Å². The van der Waals surface area contributed by atoms with E-state index in [1.807, 2.05) is 37.4 Å². The number of H-pyrrole nitrogens is 1. The van der Waals surface area contributed by atoms with Crippen molar-refractivity contribution in [3.63, 3.8) is 0 Å². The average Bonchev–Trinajstić information content (AvgIpc) is 2.93. The molecule has 5 heteroatoms. The number of benzene rings is 1. The van der Waals surface area contributed by atoms with Gasteiger partial charge in [-0.1, -0.05) is 0 Å². The van der Waals surface area contributed by atoms with Gasteiger partial charge < -0.3 is 10.7 Å². The van der Waals surface area contributed by atoms with Crippen molar-refractivity contribution in [1.29, 1.82) is 0 Å². The van der Waals surface area contributed by atoms with E-state index < -0.39 is 5.91 Å². The van der Waals surface area contributed by atoms with Gasteiger partial charge >= 0.3 is 0 Å². The standard InChI is InChI=1S/C13H12N4O/c1-8-6-12(13(14)18)16-17(8)10-2-3-11-9(7-10)4-5-15-11/h2-7,15H,1H3,(H2,14,18). The molecule has 0 radical (unpaired) electrons. The fraction of sp³-hybridized carbons (Fsp3) is 0.0769. The molecule has 1 aromatic carbocycles. The highest BCUT2D eigenvalue weighted by atomic mass is 16.1. The Labute approximate surface area is 103 Å². The van der Waals surface area contributed by atoms with Crippen LogP contribution in [0.25, 0.3) is 16.6 Å². The van der Waals surface area contributed by atoms with Crippen LogP contribution in [0.1, 0.15) is 16.2 Å². The maximum Gasteiger partial charge on any atom is 0.269 e. The van der Waals surface area contributed by atoms with Crippen LogP contribution in [0.15, 0.2) is 36.5 Å². The van der Waals surface area contributed by atoms with Crippen molar-refractivity contribution in [2.75, 3.05) is 0 Å². The van der Waals surface area contributed by atoms with Crippen molar-refractivity contribution in [3.05, 3.63) is 47.9 Å². The van der Waals surface area contributed by atoms with Gasteiger partial charge in [0.25, 0.3) is 5.91 Å². The lowest BCUT2D eigenvalue weighted by Crippen LogP contribution is -2.12. The predicted octanol–water partition coefficient (Wildman–Crippen LogP) is 1.76. The highest BCUT2D eigenvalue weighted by Crippen LogP contribution is 2.18. The Morgan fingerprint density at radius 2 is 2.17 bits per heavy atom. The van der Waals surface area contributed by atoms with Crippen LogP contribution in [0.3, 0.4) is 0 Å². The summed E-state index contributed by atoms with van der Waals surface area (Å²) in [6.07, 6.45) is 1.89. The number of nitrogens with one attached hydrogen (secondary N) is 1. The first-order valence-electron chi connectivity index (χ1n) is 5.59. The van der Waals surface area contributed by atoms with Crippen molar-refractivity contribution in [2.45, 2.75) is 6.92 Å². The van der Waals surface area contributed by atoms with E-state index in [4.69, 9.17) is 5.73 Å². The normalized spacial score (nSPS) is 10.9. The summed E-state index contributed by atoms with van der Waals surface area (Å²) in [6.45, 7) is 1.89. The van der Waals surface area contributed by atoms with E-state index in [1.165, 1.54) is 0 Å². The van der Waals surface area contributed by atoms with Crippen LogP contribution in [0.4, 0.5) is 0 Å². The molecule has 2 aromatic heterocycles. The topological polar surface area (TPSA) is 76.7 Å². The summed E-state index contributed by atoms with van der Waals surface area (Å²) in [5.74, 6) is -0.514. The predicted molar refractivity (Wildman–Crippen MR) is 68.7 cm³/mol. The number of nitrogens with zero attached hydrogens (tertiary/aromatic N) is 2. The Morgan fingerprint density at radius 1 is 1.33 bits per heavy atom. The molecule has 5 nitrogen and oxygen atoms in total. The molecule has 0 bridgehead atoms. The van der Waals surface area contributed by atoms with Gasteiger partial charge in [-0.3, -0.25) is 4.79 Å². The Balaban J connectivity index is 2.15. The van der Waals surface area contributed by atoms with Gasteiger partial charge in [-0.25, -0.2) is 4.68 Å². The van der Waals surface area contributed by atoms with Crippen LogP contribution in [0.2, 0.25) is 0 Å². The Hall–Kier alpha value is -2.56. The number of aromatic nitrogens is 3. The molecular formula is C13H12N4O. The Morgan fingerprint density at radius 3 is 2.89 bits per heavy atom. The number of carbonyl (C=O) groups is 1. The van der Waals surface area contributed by atoms with E-state index >= 15 is 0 Å². The number of hydrogen-bond donors (Lipinski definition) is 2. The average molecular weight is 240 g/mol. The molecule has 3 rings (SSSR count). The molecule has 18 heavy (non-hydrogen) atoms. The lowest BCUT2D eigenvalue weighted by molar-refractivity contribution is 0.0995. The largest absolute Gasteiger partial charge is 0.364 e. The molecule has 0 spiro atoms. The molecular weight excluding hydrogens is 228 g/mol. The van der Waals surface area contributed by atoms with Crippen molar-refractivity contribution in [2.24, 2.45) is 5.73 Å². The first-order valence-corrected chi connectivity index (χ1v) is 5.59. The third-order valence-electron chi connectivity index (χ3n) is 2.92. The Kier molecular flexibility index (Phi) is 2.19. The summed E-state index contributed by atoms with van der Waals surface area (Å²) in [6, 6.07) is 9.62. The van der Waals surface area contributed by atoms with Crippen LogP contribution in [0, 0.1) is 6.92 Å². The van der Waals surface area contributed by atoms with Gasteiger partial charge in [0.15, 0.2) is 5.69 Å². The summed E-state index contributed by atoms with van der Waals surface area (Å²) in [5.41, 5.74) is 8.36. The number of aryl methyl sites for hydroxylation is 1. The van der Waals surface area contributed by atoms with Crippen molar-refractivity contribution < 1.29 is 4.79 Å². The first kappa shape index (κ1) is 10.6. The number of nitrogens with two attached hydrogens (primary N) is 1. The fourth-order valence-electron chi connectivity index (χ4n) is 2.03. The van der Waals surface area contributed by atoms with Crippen molar-refractivity contribution in [3.8, 4) is 5.69 Å². The van der Waals surface area contributed by atoms with Crippen LogP contribution >= 0.6 is 0 Å². The minimum absolute atomic E-state index is 0.279. The number of primary amides is 1. The molecule has 1 amide bonds. The van der Waals surface area contributed by atoms with E-state index in [-0.39, 0.29) is 5.69 Å². The number of carbonyl (C=O) groups excluding carboxylic acids is 1. The Bertz CT molecular complexity index is 738. The summed E-state index contributed by atoms with van der Waals surface area (Å²) in [5, 5.41) is 5.30. The smallest absolute Gasteiger partial charge is 0.269 e. The van der Waals surface area contributed by atoms with E-state index in [2.05, 4.69) is 10.1 Å². The van der Waals surface area contributed by atoms with E-state index in [0.717, 1.165) is 22.3 Å². The third-order valence-corrected chi connectivity index (χ3v) is 2.92. The second kappa shape index (κ2) is 3.73. The molecule has 0 fully saturated rings. The lowest BCUT2D eigenvalue weighted by Gasteiger charge is -2.04. The maximum absolute atomic E-state index is 11.1. The zero-order valence-electron chi connectivity index (χ0n) is 9.84. The highest BCUT2D eigenvalue weighted by Gasteiger charge is 2.10. The highest BCUT2D eigenvalue weighted by molar-refractivity contribution is 5.91. The van der Waals surface area contributed by atoms with Crippen LogP contribution in [0.5, 0.6) is 0 Å². The van der Waals surface area contributed by atoms with Crippen molar-refractivity contribution in [1.82, 2.24) is 14.8 Å². The van der Waals surface area contributed by atoms with Crippen LogP contribution in [-0.4, -0.2) is 20.7 Å². The summed E-state index contributed by atoms with van der Waals surface area (Å²) in [4.78, 5) is 14.2. The van der Waals surface area contributed by atoms with Gasteiger partial charge in [-0.05, 0) is 37.3 Å². The molecule has 0 aliphatic heterocycles. The number of aromatic amines is 1. The summed E-state index contributed by atoms with van der Waals surface area (Å²) >= 11 is 0. The molecule has 0 unspecified atom stereocenters. The number of hydrogen-bond acceptors (Lipinski definition) is 2. The lowest BCUT2D eigenvalue weighted by atomic mass is 10.2. The molecule has 0 aliphatic carbocycles. The molecule has 90 valence electrons. The van der Waals surface area contributed by atoms with Crippen LogP contribution in [-0.2, 0) is 0 Å². The molecule has 0 saturated carbocycles. The molecule has 0 aliphatic rings. The van der Waals surface area contributed by atoms with E-state index in [9.17, 15) is 4.79 Å². The van der Waals surface area contributed by atoms with Crippen molar-refractivity contribution >= 4 is 16.8 Å². The van der Waals surface area contributed by atoms with Gasteiger partial charge in [0.05, 0.1) is 5.69 Å². The zero-order valence-corrected chi connectivity index (χ0v) is 9.84. The van der Waals surface area contributed by atoms with Gasteiger partial charge in [0, 0.05) is 22.8 Å². The van der Waals surface area contributed by atoms with Crippen LogP contribution < -0.4 is 5.73 Å². The minimum Gasteiger partial charge on any atom is -0.364 e. The second-order valence-corrected chi connectivity index (χ2v) is 4.20. The number of fused-ring (bicyclic) bond motifs is 1. The molecule has 3 N–H and O–H groups in total. The fourth-order valence-corrected chi connectivity index (χ4v) is 2.03. The monoisotopic (exact) mass is 240 g/mol. The molecule has 0 saturated heterocycles.